The van der Waals surface area contributed by atoms with Crippen LogP contribution >= 0.6 is 35.1 Å². The van der Waals surface area contributed by atoms with E-state index in [4.69, 9.17) is 38.4 Å². The smallest absolute Gasteiger partial charge is 0.217 e. The van der Waals surface area contributed by atoms with Crippen molar-refractivity contribution in [2.45, 2.75) is 49.1 Å². The zero-order valence-corrected chi connectivity index (χ0v) is 18.5. The molecule has 4 N–H and O–H groups in total. The molecule has 1 aromatic carbocycles. The first-order chi connectivity index (χ1) is 13.9. The summed E-state index contributed by atoms with van der Waals surface area (Å²) in [4.78, 5) is 10.8. The fraction of sp³-hybridized carbons (Fsp3) is 0.450. The van der Waals surface area contributed by atoms with Crippen LogP contribution in [0, 0.1) is 0 Å². The summed E-state index contributed by atoms with van der Waals surface area (Å²) in [6.07, 6.45) is 4.56. The van der Waals surface area contributed by atoms with Gasteiger partial charge < -0.3 is 20.3 Å². The summed E-state index contributed by atoms with van der Waals surface area (Å²) in [6.45, 7) is 8.00. The number of hydrogen-bond acceptors (Lipinski definition) is 6. The third kappa shape index (κ3) is 11.1. The Labute approximate surface area is 186 Å². The number of allylic oxidation sites excluding steroid dienone is 1. The van der Waals surface area contributed by atoms with E-state index < -0.39 is 12.4 Å². The Morgan fingerprint density at radius 1 is 1.38 bits per heavy atom. The fourth-order valence-electron chi connectivity index (χ4n) is 2.38. The molecule has 29 heavy (non-hydrogen) atoms. The summed E-state index contributed by atoms with van der Waals surface area (Å²) >= 11 is 13.5. The number of ether oxygens (including phenoxy) is 2. The Hall–Kier alpha value is -1.06. The SMILES string of the molecule is C=CCCC(N)=O.C=CCOC1CC(O)CC(CNSc2cccc(Cl)c2Cl)O1. The molecule has 0 radical (unpaired) electrons. The molecule has 0 aromatic heterocycles. The summed E-state index contributed by atoms with van der Waals surface area (Å²) in [5, 5.41) is 10.9. The maximum absolute atomic E-state index is 9.93. The van der Waals surface area contributed by atoms with Crippen LogP contribution in [0.2, 0.25) is 10.0 Å². The summed E-state index contributed by atoms with van der Waals surface area (Å²) < 4.78 is 14.4. The van der Waals surface area contributed by atoms with E-state index in [1.165, 1.54) is 11.9 Å². The Balaban J connectivity index is 0.000000516. The number of aliphatic hydroxyl groups excluding tert-OH is 1. The Morgan fingerprint density at radius 2 is 2.14 bits per heavy atom. The van der Waals surface area contributed by atoms with E-state index in [1.54, 1.807) is 18.2 Å². The number of amides is 1. The molecule has 3 atom stereocenters. The zero-order valence-electron chi connectivity index (χ0n) is 16.2. The summed E-state index contributed by atoms with van der Waals surface area (Å²) in [7, 11) is 0. The van der Waals surface area contributed by atoms with Crippen LogP contribution in [0.1, 0.15) is 25.7 Å². The number of carbonyl (C=O) groups is 1. The van der Waals surface area contributed by atoms with Crippen LogP contribution in [0.25, 0.3) is 0 Å². The molecular formula is C20H28Cl2N2O4S. The minimum Gasteiger partial charge on any atom is -0.393 e. The van der Waals surface area contributed by atoms with E-state index in [0.717, 1.165) is 4.90 Å². The second-order valence-electron chi connectivity index (χ2n) is 6.23. The van der Waals surface area contributed by atoms with Crippen LogP contribution in [-0.2, 0) is 14.3 Å². The lowest BCUT2D eigenvalue weighted by Crippen LogP contribution is -2.41. The molecule has 1 aliphatic rings. The van der Waals surface area contributed by atoms with Crippen molar-refractivity contribution in [3.63, 3.8) is 0 Å². The monoisotopic (exact) mass is 462 g/mol. The number of carbonyl (C=O) groups excluding carboxylic acids is 1. The second-order valence-corrected chi connectivity index (χ2v) is 7.95. The highest BCUT2D eigenvalue weighted by Gasteiger charge is 2.28. The number of rotatable bonds is 10. The van der Waals surface area contributed by atoms with Crippen LogP contribution < -0.4 is 10.5 Å². The summed E-state index contributed by atoms with van der Waals surface area (Å²) in [6, 6.07) is 5.48. The molecule has 0 saturated carbocycles. The summed E-state index contributed by atoms with van der Waals surface area (Å²) in [5.41, 5.74) is 4.79. The molecule has 3 unspecified atom stereocenters. The Kier molecular flexibility index (Phi) is 13.3. The molecule has 2 rings (SSSR count). The quantitative estimate of drug-likeness (QED) is 0.357. The van der Waals surface area contributed by atoms with E-state index in [9.17, 15) is 9.90 Å². The third-order valence-corrected chi connectivity index (χ3v) is 5.55. The summed E-state index contributed by atoms with van der Waals surface area (Å²) in [5.74, 6) is -0.264. The molecule has 0 aliphatic carbocycles. The number of primary amides is 1. The number of nitrogens with one attached hydrogen (secondary N) is 1. The van der Waals surface area contributed by atoms with Crippen molar-refractivity contribution in [3.05, 3.63) is 53.6 Å². The lowest BCUT2D eigenvalue weighted by atomic mass is 10.1. The standard InChI is InChI=1S/C15H19Cl2NO3S.C5H9NO/c1-2-6-20-14-8-10(19)7-11(21-14)9-18-22-13-5-3-4-12(16)15(13)17;1-2-3-4-5(6)7/h2-5,10-11,14,18-19H,1,6-9H2;2H,1,3-4H2,(H2,6,7). The van der Waals surface area contributed by atoms with E-state index >= 15 is 0 Å². The minimum atomic E-state index is -0.421. The molecule has 9 heteroatoms. The molecule has 1 fully saturated rings. The van der Waals surface area contributed by atoms with Crippen LogP contribution in [0.4, 0.5) is 0 Å². The zero-order chi connectivity index (χ0) is 21.6. The van der Waals surface area contributed by atoms with Gasteiger partial charge in [-0.1, -0.05) is 41.4 Å². The van der Waals surface area contributed by atoms with Crippen molar-refractivity contribution >= 4 is 41.1 Å². The van der Waals surface area contributed by atoms with E-state index in [2.05, 4.69) is 17.9 Å². The van der Waals surface area contributed by atoms with Gasteiger partial charge in [0.1, 0.15) is 0 Å². The van der Waals surface area contributed by atoms with Crippen LogP contribution in [0.15, 0.2) is 48.4 Å². The Morgan fingerprint density at radius 3 is 2.76 bits per heavy atom. The predicted octanol–water partition coefficient (Wildman–Crippen LogP) is 4.10. The molecule has 0 spiro atoms. The van der Waals surface area contributed by atoms with Crippen LogP contribution in [0.3, 0.4) is 0 Å². The molecule has 1 amide bonds. The lowest BCUT2D eigenvalue weighted by Gasteiger charge is -2.32. The predicted molar refractivity (Wildman–Crippen MR) is 119 cm³/mol. The van der Waals surface area contributed by atoms with Gasteiger partial charge in [-0.15, -0.1) is 13.2 Å². The highest BCUT2D eigenvalue weighted by molar-refractivity contribution is 7.97. The number of nitrogens with two attached hydrogens (primary N) is 1. The van der Waals surface area contributed by atoms with Gasteiger partial charge in [-0.25, -0.2) is 0 Å². The molecule has 162 valence electrons. The van der Waals surface area contributed by atoms with Gasteiger partial charge >= 0.3 is 0 Å². The molecule has 1 aromatic rings. The van der Waals surface area contributed by atoms with Crippen molar-refractivity contribution in [3.8, 4) is 0 Å². The molecule has 1 aliphatic heterocycles. The molecular weight excluding hydrogens is 435 g/mol. The average molecular weight is 463 g/mol. The molecule has 1 saturated heterocycles. The second kappa shape index (κ2) is 14.8. The van der Waals surface area contributed by atoms with Crippen molar-refractivity contribution in [1.29, 1.82) is 0 Å². The average Bonchev–Trinajstić information content (AvgIpc) is 2.68. The topological polar surface area (TPSA) is 93.8 Å². The van der Waals surface area contributed by atoms with Crippen molar-refractivity contribution in [1.82, 2.24) is 4.72 Å². The van der Waals surface area contributed by atoms with Crippen LogP contribution in [0.5, 0.6) is 0 Å². The van der Waals surface area contributed by atoms with Gasteiger partial charge in [0.05, 0.1) is 28.9 Å². The van der Waals surface area contributed by atoms with Crippen molar-refractivity contribution in [2.75, 3.05) is 13.2 Å². The van der Waals surface area contributed by atoms with Crippen LogP contribution in [-0.4, -0.2) is 42.7 Å². The maximum Gasteiger partial charge on any atom is 0.217 e. The third-order valence-electron chi connectivity index (χ3n) is 3.75. The molecule has 0 bridgehead atoms. The Bertz CT molecular complexity index is 663. The van der Waals surface area contributed by atoms with E-state index in [-0.39, 0.29) is 12.0 Å². The van der Waals surface area contributed by atoms with Gasteiger partial charge in [-0.2, -0.15) is 0 Å². The first-order valence-corrected chi connectivity index (χ1v) is 10.7. The largest absolute Gasteiger partial charge is 0.393 e. The first-order valence-electron chi connectivity index (χ1n) is 9.16. The van der Waals surface area contributed by atoms with E-state index in [1.807, 2.05) is 12.1 Å². The first kappa shape index (κ1) is 26.0. The fourth-order valence-corrected chi connectivity index (χ4v) is 3.62. The number of benzene rings is 1. The normalized spacial score (nSPS) is 21.0. The van der Waals surface area contributed by atoms with Gasteiger partial charge in [0, 0.05) is 30.7 Å². The lowest BCUT2D eigenvalue weighted by molar-refractivity contribution is -0.208. The van der Waals surface area contributed by atoms with Gasteiger partial charge in [-0.05, 0) is 30.5 Å². The van der Waals surface area contributed by atoms with Crippen molar-refractivity contribution in [2.24, 2.45) is 5.73 Å². The number of halogens is 2. The van der Waals surface area contributed by atoms with Crippen molar-refractivity contribution < 1.29 is 19.4 Å². The highest BCUT2D eigenvalue weighted by Crippen LogP contribution is 2.31. The molecule has 1 heterocycles. The van der Waals surface area contributed by atoms with E-state index in [0.29, 0.717) is 48.9 Å². The number of hydrogen-bond donors (Lipinski definition) is 3. The van der Waals surface area contributed by atoms with Gasteiger partial charge in [0.15, 0.2) is 6.29 Å². The van der Waals surface area contributed by atoms with Gasteiger partial charge in [0.25, 0.3) is 0 Å². The maximum atomic E-state index is 9.93. The highest BCUT2D eigenvalue weighted by atomic mass is 35.5. The minimum absolute atomic E-state index is 0.121. The molecule has 6 nitrogen and oxygen atoms in total. The van der Waals surface area contributed by atoms with Gasteiger partial charge in [-0.3, -0.25) is 9.52 Å². The van der Waals surface area contributed by atoms with Gasteiger partial charge in [0.2, 0.25) is 5.91 Å². The number of aliphatic hydroxyl groups is 1.